The van der Waals surface area contributed by atoms with Crippen LogP contribution in [0.25, 0.3) is 0 Å². The highest BCUT2D eigenvalue weighted by molar-refractivity contribution is 9.11. The number of amides is 1. The van der Waals surface area contributed by atoms with E-state index in [4.69, 9.17) is 5.73 Å². The number of halogens is 3. The summed E-state index contributed by atoms with van der Waals surface area (Å²) in [4.78, 5) is 10.9. The van der Waals surface area contributed by atoms with Gasteiger partial charge in [0.1, 0.15) is 15.0 Å². The van der Waals surface area contributed by atoms with Crippen LogP contribution in [0.1, 0.15) is 15.9 Å². The standard InChI is InChI=1S/C11H8Br2FN3O/c12-9-4-10(13)17(16-9)5-7-2-1-6(11(15)18)3-8(7)14/h1-4H,5H2,(H2,15,18). The number of primary amides is 1. The second-order valence-electron chi connectivity index (χ2n) is 3.62. The van der Waals surface area contributed by atoms with Crippen molar-refractivity contribution in [3.8, 4) is 0 Å². The number of aromatic nitrogens is 2. The van der Waals surface area contributed by atoms with Gasteiger partial charge < -0.3 is 5.73 Å². The fraction of sp³-hybridized carbons (Fsp3) is 0.0909. The van der Waals surface area contributed by atoms with Crippen LogP contribution < -0.4 is 5.73 Å². The molecular formula is C11H8Br2FN3O. The average molecular weight is 377 g/mol. The van der Waals surface area contributed by atoms with E-state index in [-0.39, 0.29) is 12.1 Å². The molecule has 1 amide bonds. The molecule has 2 N–H and O–H groups in total. The van der Waals surface area contributed by atoms with Crippen molar-refractivity contribution in [2.75, 3.05) is 0 Å². The van der Waals surface area contributed by atoms with Crippen LogP contribution in [0.15, 0.2) is 33.5 Å². The lowest BCUT2D eigenvalue weighted by Crippen LogP contribution is -2.12. The molecule has 7 heteroatoms. The summed E-state index contributed by atoms with van der Waals surface area (Å²) in [5.41, 5.74) is 5.65. The van der Waals surface area contributed by atoms with Crippen LogP contribution in [0.3, 0.4) is 0 Å². The van der Waals surface area contributed by atoms with Crippen molar-refractivity contribution in [1.82, 2.24) is 9.78 Å². The molecular weight excluding hydrogens is 369 g/mol. The van der Waals surface area contributed by atoms with Crippen LogP contribution in [0.5, 0.6) is 0 Å². The maximum absolute atomic E-state index is 13.8. The van der Waals surface area contributed by atoms with E-state index in [1.54, 1.807) is 10.7 Å². The molecule has 94 valence electrons. The number of benzene rings is 1. The number of nitrogens with two attached hydrogens (primary N) is 1. The van der Waals surface area contributed by atoms with Crippen molar-refractivity contribution in [3.63, 3.8) is 0 Å². The molecule has 0 atom stereocenters. The number of nitrogens with zero attached hydrogens (tertiary/aromatic N) is 2. The molecule has 2 aromatic rings. The van der Waals surface area contributed by atoms with Crippen molar-refractivity contribution in [2.24, 2.45) is 5.73 Å². The molecule has 1 heterocycles. The number of hydrogen-bond acceptors (Lipinski definition) is 2. The van der Waals surface area contributed by atoms with E-state index in [2.05, 4.69) is 37.0 Å². The summed E-state index contributed by atoms with van der Waals surface area (Å²) in [6.45, 7) is 0.261. The van der Waals surface area contributed by atoms with Gasteiger partial charge in [-0.1, -0.05) is 6.07 Å². The van der Waals surface area contributed by atoms with Gasteiger partial charge in [0.15, 0.2) is 0 Å². The van der Waals surface area contributed by atoms with Gasteiger partial charge in [0, 0.05) is 17.2 Å². The fourth-order valence-corrected chi connectivity index (χ4v) is 2.60. The average Bonchev–Trinajstić information content (AvgIpc) is 2.60. The smallest absolute Gasteiger partial charge is 0.248 e. The summed E-state index contributed by atoms with van der Waals surface area (Å²) in [5, 5.41) is 4.13. The first-order valence-electron chi connectivity index (χ1n) is 4.94. The Hall–Kier alpha value is -1.21. The van der Waals surface area contributed by atoms with E-state index in [0.717, 1.165) is 10.7 Å². The number of carbonyl (C=O) groups excluding carboxylic acids is 1. The molecule has 4 nitrogen and oxygen atoms in total. The quantitative estimate of drug-likeness (QED) is 0.895. The predicted octanol–water partition coefficient (Wildman–Crippen LogP) is 2.69. The Morgan fingerprint density at radius 3 is 2.61 bits per heavy atom. The molecule has 0 saturated carbocycles. The van der Waals surface area contributed by atoms with Gasteiger partial charge in [0.05, 0.1) is 6.54 Å². The molecule has 2 rings (SSSR count). The van der Waals surface area contributed by atoms with Crippen molar-refractivity contribution < 1.29 is 9.18 Å². The molecule has 0 unspecified atom stereocenters. The highest BCUT2D eigenvalue weighted by Gasteiger charge is 2.10. The van der Waals surface area contributed by atoms with Crippen molar-refractivity contribution in [1.29, 1.82) is 0 Å². The third-order valence-corrected chi connectivity index (χ3v) is 3.38. The lowest BCUT2D eigenvalue weighted by atomic mass is 10.1. The van der Waals surface area contributed by atoms with Gasteiger partial charge in [-0.25, -0.2) is 4.39 Å². The third-order valence-electron chi connectivity index (χ3n) is 2.36. The zero-order chi connectivity index (χ0) is 13.3. The number of rotatable bonds is 3. The highest BCUT2D eigenvalue weighted by atomic mass is 79.9. The van der Waals surface area contributed by atoms with Crippen molar-refractivity contribution in [2.45, 2.75) is 6.54 Å². The van der Waals surface area contributed by atoms with Gasteiger partial charge in [-0.05, 0) is 44.0 Å². The Morgan fingerprint density at radius 1 is 1.39 bits per heavy atom. The molecule has 0 aliphatic heterocycles. The number of carbonyl (C=O) groups is 1. The molecule has 0 spiro atoms. The van der Waals surface area contributed by atoms with E-state index in [1.165, 1.54) is 12.1 Å². The maximum Gasteiger partial charge on any atom is 0.248 e. The molecule has 1 aromatic carbocycles. The first kappa shape index (κ1) is 13.2. The molecule has 0 bridgehead atoms. The minimum absolute atomic E-state index is 0.150. The van der Waals surface area contributed by atoms with Crippen molar-refractivity contribution >= 4 is 37.8 Å². The van der Waals surface area contributed by atoms with Crippen molar-refractivity contribution in [3.05, 3.63) is 50.4 Å². The lowest BCUT2D eigenvalue weighted by molar-refractivity contribution is 0.1000. The summed E-state index contributed by atoms with van der Waals surface area (Å²) in [7, 11) is 0. The van der Waals surface area contributed by atoms with E-state index in [1.807, 2.05) is 0 Å². The SMILES string of the molecule is NC(=O)c1ccc(Cn2nc(Br)cc2Br)c(F)c1. The summed E-state index contributed by atoms with van der Waals surface area (Å²) >= 11 is 6.54. The third kappa shape index (κ3) is 2.78. The van der Waals surface area contributed by atoms with Crippen LogP contribution in [-0.2, 0) is 6.54 Å². The van der Waals surface area contributed by atoms with Crippen LogP contribution in [0.4, 0.5) is 4.39 Å². The molecule has 0 fully saturated rings. The molecule has 0 aliphatic rings. The Labute approximate surface area is 119 Å². The van der Waals surface area contributed by atoms with Crippen LogP contribution in [0.2, 0.25) is 0 Å². The first-order valence-corrected chi connectivity index (χ1v) is 6.53. The minimum Gasteiger partial charge on any atom is -0.366 e. The fourth-order valence-electron chi connectivity index (χ4n) is 1.47. The number of hydrogen-bond donors (Lipinski definition) is 1. The second kappa shape index (κ2) is 5.19. The van der Waals surface area contributed by atoms with E-state index < -0.39 is 11.7 Å². The van der Waals surface area contributed by atoms with Gasteiger partial charge in [-0.15, -0.1) is 0 Å². The van der Waals surface area contributed by atoms with Gasteiger partial charge >= 0.3 is 0 Å². The topological polar surface area (TPSA) is 60.9 Å². The zero-order valence-corrected chi connectivity index (χ0v) is 12.2. The monoisotopic (exact) mass is 375 g/mol. The molecule has 1 aromatic heterocycles. The Kier molecular flexibility index (Phi) is 3.82. The first-order chi connectivity index (χ1) is 8.47. The Morgan fingerprint density at radius 2 is 2.11 bits per heavy atom. The minimum atomic E-state index is -0.650. The highest BCUT2D eigenvalue weighted by Crippen LogP contribution is 2.19. The van der Waals surface area contributed by atoms with Crippen LogP contribution >= 0.6 is 31.9 Å². The molecule has 18 heavy (non-hydrogen) atoms. The molecule has 0 aliphatic carbocycles. The lowest BCUT2D eigenvalue weighted by Gasteiger charge is -2.06. The normalized spacial score (nSPS) is 10.6. The largest absolute Gasteiger partial charge is 0.366 e. The van der Waals surface area contributed by atoms with Gasteiger partial charge in [0.25, 0.3) is 0 Å². The van der Waals surface area contributed by atoms with E-state index in [9.17, 15) is 9.18 Å². The summed E-state index contributed by atoms with van der Waals surface area (Å²) < 4.78 is 16.7. The summed E-state index contributed by atoms with van der Waals surface area (Å²) in [5.74, 6) is -1.13. The molecule has 0 saturated heterocycles. The maximum atomic E-state index is 13.8. The summed E-state index contributed by atoms with van der Waals surface area (Å²) in [6, 6.07) is 5.91. The van der Waals surface area contributed by atoms with Gasteiger partial charge in [0.2, 0.25) is 5.91 Å². The van der Waals surface area contributed by atoms with Crippen LogP contribution in [-0.4, -0.2) is 15.7 Å². The van der Waals surface area contributed by atoms with E-state index in [0.29, 0.717) is 10.2 Å². The van der Waals surface area contributed by atoms with Crippen LogP contribution in [0, 0.1) is 5.82 Å². The second-order valence-corrected chi connectivity index (χ2v) is 5.24. The Bertz CT molecular complexity index is 612. The zero-order valence-electron chi connectivity index (χ0n) is 9.03. The van der Waals surface area contributed by atoms with E-state index >= 15 is 0 Å². The molecule has 0 radical (unpaired) electrons. The predicted molar refractivity (Wildman–Crippen MR) is 71.6 cm³/mol. The summed E-state index contributed by atoms with van der Waals surface area (Å²) in [6.07, 6.45) is 0. The van der Waals surface area contributed by atoms with Gasteiger partial charge in [-0.2, -0.15) is 5.10 Å². The van der Waals surface area contributed by atoms with Gasteiger partial charge in [-0.3, -0.25) is 9.48 Å². The Balaban J connectivity index is 2.30.